The number of hydrogen-bond donors (Lipinski definition) is 2. The molecule has 5 heteroatoms. The van der Waals surface area contributed by atoms with Crippen molar-refractivity contribution in [3.63, 3.8) is 0 Å². The molecular weight excluding hydrogens is 226 g/mol. The highest BCUT2D eigenvalue weighted by atomic mass is 15.1. The molecule has 0 fully saturated rings. The maximum absolute atomic E-state index is 4.38. The van der Waals surface area contributed by atoms with E-state index >= 15 is 0 Å². The summed E-state index contributed by atoms with van der Waals surface area (Å²) < 4.78 is 0. The van der Waals surface area contributed by atoms with Gasteiger partial charge in [-0.3, -0.25) is 4.98 Å². The van der Waals surface area contributed by atoms with Crippen LogP contribution in [-0.2, 0) is 6.54 Å². The zero-order chi connectivity index (χ0) is 12.6. The molecule has 0 aliphatic heterocycles. The van der Waals surface area contributed by atoms with Gasteiger partial charge in [0.25, 0.3) is 0 Å². The number of anilines is 2. The van der Waals surface area contributed by atoms with Crippen LogP contribution in [-0.4, -0.2) is 21.5 Å². The summed E-state index contributed by atoms with van der Waals surface area (Å²) >= 11 is 0. The van der Waals surface area contributed by atoms with Gasteiger partial charge in [-0.15, -0.1) is 0 Å². The van der Waals surface area contributed by atoms with Gasteiger partial charge in [0.05, 0.1) is 0 Å². The van der Waals surface area contributed by atoms with Crippen LogP contribution in [0.4, 0.5) is 11.8 Å². The molecule has 2 aromatic rings. The van der Waals surface area contributed by atoms with Gasteiger partial charge in [-0.25, -0.2) is 4.98 Å². The molecule has 0 radical (unpaired) electrons. The summed E-state index contributed by atoms with van der Waals surface area (Å²) in [5.41, 5.74) is 1.17. The molecule has 5 nitrogen and oxygen atoms in total. The van der Waals surface area contributed by atoms with Crippen LogP contribution in [0.1, 0.15) is 18.9 Å². The first-order chi connectivity index (χ1) is 8.88. The molecule has 0 saturated heterocycles. The third-order valence-corrected chi connectivity index (χ3v) is 2.41. The van der Waals surface area contributed by atoms with Gasteiger partial charge in [-0.2, -0.15) is 4.98 Å². The van der Waals surface area contributed by atoms with Gasteiger partial charge in [0, 0.05) is 31.7 Å². The topological polar surface area (TPSA) is 62.7 Å². The predicted octanol–water partition coefficient (Wildman–Crippen LogP) is 2.31. The Kier molecular flexibility index (Phi) is 4.46. The van der Waals surface area contributed by atoms with Gasteiger partial charge in [0.2, 0.25) is 5.95 Å². The standard InChI is InChI=1S/C13H17N5/c1-2-6-15-13-16-9-5-12(18-13)17-10-11-3-7-14-8-4-11/h3-5,7-9H,2,6,10H2,1H3,(H2,15,16,17,18). The summed E-state index contributed by atoms with van der Waals surface area (Å²) in [4.78, 5) is 12.5. The van der Waals surface area contributed by atoms with Crippen molar-refractivity contribution in [3.8, 4) is 0 Å². The fraction of sp³-hybridized carbons (Fsp3) is 0.308. The molecule has 0 unspecified atom stereocenters. The van der Waals surface area contributed by atoms with Crippen molar-refractivity contribution in [2.75, 3.05) is 17.2 Å². The molecule has 2 aromatic heterocycles. The monoisotopic (exact) mass is 243 g/mol. The molecule has 0 aliphatic carbocycles. The summed E-state index contributed by atoms with van der Waals surface area (Å²) in [5, 5.41) is 6.42. The van der Waals surface area contributed by atoms with Crippen LogP contribution in [0.15, 0.2) is 36.8 Å². The second kappa shape index (κ2) is 6.54. The predicted molar refractivity (Wildman–Crippen MR) is 72.4 cm³/mol. The second-order valence-electron chi connectivity index (χ2n) is 3.90. The second-order valence-corrected chi connectivity index (χ2v) is 3.90. The Morgan fingerprint density at radius 3 is 2.67 bits per heavy atom. The van der Waals surface area contributed by atoms with Crippen LogP contribution in [0.2, 0.25) is 0 Å². The fourth-order valence-corrected chi connectivity index (χ4v) is 1.47. The Morgan fingerprint density at radius 2 is 1.89 bits per heavy atom. The molecule has 18 heavy (non-hydrogen) atoms. The van der Waals surface area contributed by atoms with E-state index in [1.807, 2.05) is 18.2 Å². The van der Waals surface area contributed by atoms with Crippen molar-refractivity contribution < 1.29 is 0 Å². The Bertz CT molecular complexity index is 472. The molecule has 2 heterocycles. The van der Waals surface area contributed by atoms with Crippen LogP contribution < -0.4 is 10.6 Å². The SMILES string of the molecule is CCCNc1nccc(NCc2ccncc2)n1. The molecule has 0 spiro atoms. The number of aromatic nitrogens is 3. The summed E-state index contributed by atoms with van der Waals surface area (Å²) in [6.45, 7) is 3.72. The third-order valence-electron chi connectivity index (χ3n) is 2.41. The van der Waals surface area contributed by atoms with Gasteiger partial charge in [0.1, 0.15) is 5.82 Å². The van der Waals surface area contributed by atoms with Gasteiger partial charge in [-0.1, -0.05) is 6.92 Å². The van der Waals surface area contributed by atoms with E-state index in [1.54, 1.807) is 18.6 Å². The number of nitrogens with one attached hydrogen (secondary N) is 2. The smallest absolute Gasteiger partial charge is 0.224 e. The number of rotatable bonds is 6. The quantitative estimate of drug-likeness (QED) is 0.815. The zero-order valence-corrected chi connectivity index (χ0v) is 10.4. The Morgan fingerprint density at radius 1 is 1.06 bits per heavy atom. The largest absolute Gasteiger partial charge is 0.366 e. The number of nitrogens with zero attached hydrogens (tertiary/aromatic N) is 3. The molecule has 2 rings (SSSR count). The van der Waals surface area contributed by atoms with E-state index < -0.39 is 0 Å². The average Bonchev–Trinajstić information content (AvgIpc) is 2.44. The molecule has 0 amide bonds. The van der Waals surface area contributed by atoms with Crippen molar-refractivity contribution in [1.29, 1.82) is 0 Å². The third kappa shape index (κ3) is 3.69. The Balaban J connectivity index is 1.93. The maximum atomic E-state index is 4.38. The van der Waals surface area contributed by atoms with Gasteiger partial charge < -0.3 is 10.6 Å². The van der Waals surface area contributed by atoms with Gasteiger partial charge >= 0.3 is 0 Å². The Hall–Kier alpha value is -2.17. The summed E-state index contributed by atoms with van der Waals surface area (Å²) in [5.74, 6) is 1.48. The van der Waals surface area contributed by atoms with E-state index in [0.29, 0.717) is 5.95 Å². The molecule has 0 bridgehead atoms. The lowest BCUT2D eigenvalue weighted by atomic mass is 10.3. The van der Waals surface area contributed by atoms with Crippen molar-refractivity contribution >= 4 is 11.8 Å². The van der Waals surface area contributed by atoms with E-state index in [4.69, 9.17) is 0 Å². The summed E-state index contributed by atoms with van der Waals surface area (Å²) in [6.07, 6.45) is 6.37. The summed E-state index contributed by atoms with van der Waals surface area (Å²) in [7, 11) is 0. The van der Waals surface area contributed by atoms with Crippen LogP contribution in [0.25, 0.3) is 0 Å². The van der Waals surface area contributed by atoms with Crippen molar-refractivity contribution in [2.45, 2.75) is 19.9 Å². The Labute approximate surface area is 107 Å². The number of hydrogen-bond acceptors (Lipinski definition) is 5. The van der Waals surface area contributed by atoms with Gasteiger partial charge in [0.15, 0.2) is 0 Å². The molecule has 0 aliphatic rings. The van der Waals surface area contributed by atoms with Crippen molar-refractivity contribution in [3.05, 3.63) is 42.4 Å². The van der Waals surface area contributed by atoms with Crippen LogP contribution in [0.3, 0.4) is 0 Å². The minimum Gasteiger partial charge on any atom is -0.366 e. The van der Waals surface area contributed by atoms with Crippen LogP contribution >= 0.6 is 0 Å². The zero-order valence-electron chi connectivity index (χ0n) is 10.4. The molecular formula is C13H17N5. The molecule has 94 valence electrons. The molecule has 0 atom stereocenters. The van der Waals surface area contributed by atoms with Gasteiger partial charge in [-0.05, 0) is 30.2 Å². The van der Waals surface area contributed by atoms with Crippen LogP contribution in [0, 0.1) is 0 Å². The highest BCUT2D eigenvalue weighted by Crippen LogP contribution is 2.07. The normalized spacial score (nSPS) is 10.1. The highest BCUT2D eigenvalue weighted by molar-refractivity contribution is 5.40. The first kappa shape index (κ1) is 12.3. The lowest BCUT2D eigenvalue weighted by Gasteiger charge is -2.07. The lowest BCUT2D eigenvalue weighted by Crippen LogP contribution is -2.07. The van der Waals surface area contributed by atoms with E-state index in [2.05, 4.69) is 32.5 Å². The lowest BCUT2D eigenvalue weighted by molar-refractivity contribution is 0.950. The van der Waals surface area contributed by atoms with Crippen molar-refractivity contribution in [1.82, 2.24) is 15.0 Å². The van der Waals surface area contributed by atoms with Crippen molar-refractivity contribution in [2.24, 2.45) is 0 Å². The average molecular weight is 243 g/mol. The first-order valence-electron chi connectivity index (χ1n) is 6.08. The van der Waals surface area contributed by atoms with Crippen LogP contribution in [0.5, 0.6) is 0 Å². The van der Waals surface area contributed by atoms with E-state index in [0.717, 1.165) is 25.3 Å². The van der Waals surface area contributed by atoms with E-state index in [-0.39, 0.29) is 0 Å². The molecule has 0 saturated carbocycles. The minimum atomic E-state index is 0.663. The molecule has 2 N–H and O–H groups in total. The maximum Gasteiger partial charge on any atom is 0.224 e. The summed E-state index contributed by atoms with van der Waals surface area (Å²) in [6, 6.07) is 5.81. The minimum absolute atomic E-state index is 0.663. The first-order valence-corrected chi connectivity index (χ1v) is 6.08. The highest BCUT2D eigenvalue weighted by Gasteiger charge is 1.98. The molecule has 0 aromatic carbocycles. The number of pyridine rings is 1. The fourth-order valence-electron chi connectivity index (χ4n) is 1.47. The van der Waals surface area contributed by atoms with E-state index in [1.165, 1.54) is 5.56 Å². The van der Waals surface area contributed by atoms with E-state index in [9.17, 15) is 0 Å².